The monoisotopic (exact) mass is 319 g/mol. The quantitative estimate of drug-likeness (QED) is 0.872. The van der Waals surface area contributed by atoms with Gasteiger partial charge in [0.25, 0.3) is 0 Å². The van der Waals surface area contributed by atoms with Gasteiger partial charge in [0.15, 0.2) is 0 Å². The fourth-order valence-electron chi connectivity index (χ4n) is 1.07. The van der Waals surface area contributed by atoms with Gasteiger partial charge < -0.3 is 5.32 Å². The van der Waals surface area contributed by atoms with Gasteiger partial charge in [-0.3, -0.25) is 4.79 Å². The van der Waals surface area contributed by atoms with Crippen LogP contribution in [0.2, 0.25) is 5.02 Å². The van der Waals surface area contributed by atoms with Gasteiger partial charge in [-0.2, -0.15) is 0 Å². The van der Waals surface area contributed by atoms with Crippen LogP contribution in [0.3, 0.4) is 0 Å². The standard InChI is InChI=1S/C12H12BrClFNO/c1-12(2,10(15)7-13)11(17)16-9-5-3-8(14)4-6-9/h3-7H,1-2H3,(H,16,17)/b10-7+. The van der Waals surface area contributed by atoms with Crippen molar-refractivity contribution in [3.05, 3.63) is 40.1 Å². The highest BCUT2D eigenvalue weighted by Gasteiger charge is 2.32. The number of anilines is 1. The first kappa shape index (κ1) is 14.2. The minimum Gasteiger partial charge on any atom is -0.325 e. The SMILES string of the molecule is CC(C)(C(=O)Nc1ccc(Cl)cc1)/C(F)=C\Br. The molecule has 0 aliphatic heterocycles. The Hall–Kier alpha value is -0.870. The second-order valence-corrected chi connectivity index (χ2v) is 4.94. The highest BCUT2D eigenvalue weighted by Crippen LogP contribution is 2.30. The molecule has 0 atom stereocenters. The van der Waals surface area contributed by atoms with E-state index in [2.05, 4.69) is 21.2 Å². The van der Waals surface area contributed by atoms with Crippen molar-refractivity contribution in [2.24, 2.45) is 5.41 Å². The first-order valence-corrected chi connectivity index (χ1v) is 6.20. The van der Waals surface area contributed by atoms with Crippen molar-refractivity contribution >= 4 is 39.1 Å². The molecular weight excluding hydrogens is 308 g/mol. The molecule has 0 heterocycles. The molecule has 92 valence electrons. The maximum atomic E-state index is 13.5. The minimum atomic E-state index is -1.22. The molecule has 5 heteroatoms. The predicted octanol–water partition coefficient (Wildman–Crippen LogP) is 4.51. The number of rotatable bonds is 3. The summed E-state index contributed by atoms with van der Waals surface area (Å²) in [6.45, 7) is 3.01. The highest BCUT2D eigenvalue weighted by atomic mass is 79.9. The molecule has 0 bridgehead atoms. The van der Waals surface area contributed by atoms with Gasteiger partial charge in [0.2, 0.25) is 5.91 Å². The number of carbonyl (C=O) groups excluding carboxylic acids is 1. The Labute approximate surface area is 113 Å². The summed E-state index contributed by atoms with van der Waals surface area (Å²) in [4.78, 5) is 13.0. The maximum Gasteiger partial charge on any atom is 0.236 e. The van der Waals surface area contributed by atoms with Gasteiger partial charge in [-0.15, -0.1) is 0 Å². The predicted molar refractivity (Wildman–Crippen MR) is 72.0 cm³/mol. The lowest BCUT2D eigenvalue weighted by molar-refractivity contribution is -0.122. The molecule has 0 aliphatic carbocycles. The Kier molecular flexibility index (Phi) is 4.71. The zero-order valence-electron chi connectivity index (χ0n) is 9.43. The van der Waals surface area contributed by atoms with Crippen LogP contribution in [0, 0.1) is 5.41 Å². The molecule has 1 aromatic rings. The van der Waals surface area contributed by atoms with Gasteiger partial charge in [-0.1, -0.05) is 27.5 Å². The van der Waals surface area contributed by atoms with Gasteiger partial charge >= 0.3 is 0 Å². The summed E-state index contributed by atoms with van der Waals surface area (Å²) in [5.74, 6) is -0.961. The van der Waals surface area contributed by atoms with Crippen molar-refractivity contribution in [1.82, 2.24) is 0 Å². The number of nitrogens with one attached hydrogen (secondary N) is 1. The molecule has 0 spiro atoms. The van der Waals surface area contributed by atoms with E-state index < -0.39 is 17.1 Å². The summed E-state index contributed by atoms with van der Waals surface area (Å²) >= 11 is 8.60. The smallest absolute Gasteiger partial charge is 0.236 e. The maximum absolute atomic E-state index is 13.5. The van der Waals surface area contributed by atoms with Gasteiger partial charge in [-0.25, -0.2) is 4.39 Å². The van der Waals surface area contributed by atoms with E-state index in [1.54, 1.807) is 24.3 Å². The number of hydrogen-bond donors (Lipinski definition) is 1. The lowest BCUT2D eigenvalue weighted by Crippen LogP contribution is -2.31. The fraction of sp³-hybridized carbons (Fsp3) is 0.250. The number of carbonyl (C=O) groups is 1. The summed E-state index contributed by atoms with van der Waals surface area (Å²) in [7, 11) is 0. The zero-order valence-corrected chi connectivity index (χ0v) is 11.8. The lowest BCUT2D eigenvalue weighted by atomic mass is 9.91. The van der Waals surface area contributed by atoms with Crippen LogP contribution in [0.1, 0.15) is 13.8 Å². The molecule has 1 aromatic carbocycles. The fourth-order valence-corrected chi connectivity index (χ4v) is 1.76. The van der Waals surface area contributed by atoms with Crippen LogP contribution < -0.4 is 5.32 Å². The second kappa shape index (κ2) is 5.65. The lowest BCUT2D eigenvalue weighted by Gasteiger charge is -2.21. The average molecular weight is 321 g/mol. The summed E-state index contributed by atoms with van der Waals surface area (Å²) < 4.78 is 13.5. The van der Waals surface area contributed by atoms with Gasteiger partial charge in [0.1, 0.15) is 5.83 Å². The van der Waals surface area contributed by atoms with Crippen LogP contribution in [0.5, 0.6) is 0 Å². The Morgan fingerprint density at radius 3 is 2.41 bits per heavy atom. The summed E-state index contributed by atoms with van der Waals surface area (Å²) in [6, 6.07) is 6.62. The van der Waals surface area contributed by atoms with E-state index in [-0.39, 0.29) is 0 Å². The number of benzene rings is 1. The van der Waals surface area contributed by atoms with E-state index in [1.165, 1.54) is 13.8 Å². The Morgan fingerprint density at radius 1 is 1.41 bits per heavy atom. The van der Waals surface area contributed by atoms with Crippen molar-refractivity contribution in [1.29, 1.82) is 0 Å². The van der Waals surface area contributed by atoms with Crippen LogP contribution in [0.4, 0.5) is 10.1 Å². The van der Waals surface area contributed by atoms with Crippen molar-refractivity contribution in [3.8, 4) is 0 Å². The Balaban J connectivity index is 2.82. The minimum absolute atomic E-state index is 0.423. The van der Waals surface area contributed by atoms with Gasteiger partial charge in [0.05, 0.1) is 5.41 Å². The topological polar surface area (TPSA) is 29.1 Å². The Morgan fingerprint density at radius 2 is 1.94 bits per heavy atom. The third-order valence-electron chi connectivity index (χ3n) is 2.36. The third-order valence-corrected chi connectivity index (χ3v) is 3.02. The summed E-state index contributed by atoms with van der Waals surface area (Å²) in [5, 5.41) is 3.20. The van der Waals surface area contributed by atoms with E-state index >= 15 is 0 Å². The first-order valence-electron chi connectivity index (χ1n) is 4.91. The molecule has 0 aromatic heterocycles. The van der Waals surface area contributed by atoms with Crippen molar-refractivity contribution in [3.63, 3.8) is 0 Å². The molecular formula is C12H12BrClFNO. The number of hydrogen-bond acceptors (Lipinski definition) is 1. The van der Waals surface area contributed by atoms with E-state index in [9.17, 15) is 9.18 Å². The van der Waals surface area contributed by atoms with E-state index in [0.29, 0.717) is 10.7 Å². The number of amides is 1. The van der Waals surface area contributed by atoms with Gasteiger partial charge in [0, 0.05) is 15.7 Å². The molecule has 0 unspecified atom stereocenters. The normalized spacial score (nSPS) is 12.4. The van der Waals surface area contributed by atoms with Crippen LogP contribution in [0.15, 0.2) is 35.1 Å². The first-order chi connectivity index (χ1) is 7.87. The van der Waals surface area contributed by atoms with Crippen molar-refractivity contribution in [2.45, 2.75) is 13.8 Å². The van der Waals surface area contributed by atoms with E-state index in [4.69, 9.17) is 11.6 Å². The molecule has 1 N–H and O–H groups in total. The third kappa shape index (κ3) is 3.54. The molecule has 0 saturated carbocycles. The van der Waals surface area contributed by atoms with Crippen LogP contribution >= 0.6 is 27.5 Å². The molecule has 1 rings (SSSR count). The second-order valence-electron chi connectivity index (χ2n) is 4.04. The van der Waals surface area contributed by atoms with Crippen LogP contribution in [-0.4, -0.2) is 5.91 Å². The highest BCUT2D eigenvalue weighted by molar-refractivity contribution is 9.11. The van der Waals surface area contributed by atoms with Crippen molar-refractivity contribution < 1.29 is 9.18 Å². The largest absolute Gasteiger partial charge is 0.325 e. The molecule has 0 saturated heterocycles. The van der Waals surface area contributed by atoms with Crippen LogP contribution in [0.25, 0.3) is 0 Å². The number of halogens is 3. The molecule has 17 heavy (non-hydrogen) atoms. The van der Waals surface area contributed by atoms with Crippen molar-refractivity contribution in [2.75, 3.05) is 5.32 Å². The van der Waals surface area contributed by atoms with Gasteiger partial charge in [-0.05, 0) is 38.1 Å². The Bertz CT molecular complexity index is 442. The summed E-state index contributed by atoms with van der Waals surface area (Å²) in [5.41, 5.74) is -0.641. The molecule has 1 amide bonds. The molecule has 0 radical (unpaired) electrons. The average Bonchev–Trinajstić information content (AvgIpc) is 2.30. The van der Waals surface area contributed by atoms with Crippen LogP contribution in [-0.2, 0) is 4.79 Å². The molecule has 0 fully saturated rings. The molecule has 2 nitrogen and oxygen atoms in total. The summed E-state index contributed by atoms with van der Waals surface area (Å²) in [6.07, 6.45) is 0. The molecule has 0 aliphatic rings. The van der Waals surface area contributed by atoms with E-state index in [1.807, 2.05) is 0 Å². The zero-order chi connectivity index (χ0) is 13.1. The van der Waals surface area contributed by atoms with E-state index in [0.717, 1.165) is 4.99 Å².